The first kappa shape index (κ1) is 19.4. The molecule has 1 saturated heterocycles. The van der Waals surface area contributed by atoms with E-state index in [4.69, 9.17) is 9.47 Å². The minimum atomic E-state index is -0.508. The summed E-state index contributed by atoms with van der Waals surface area (Å²) >= 11 is 1.12. The van der Waals surface area contributed by atoms with Gasteiger partial charge in [0.25, 0.3) is 5.56 Å². The van der Waals surface area contributed by atoms with Gasteiger partial charge in [0.2, 0.25) is 0 Å². The normalized spacial score (nSPS) is 16.4. The molecular formula is C18H20N2O6S. The number of carbonyl (C=O) groups excluding carboxylic acids is 2. The van der Waals surface area contributed by atoms with Crippen molar-refractivity contribution in [2.45, 2.75) is 30.6 Å². The van der Waals surface area contributed by atoms with Crippen molar-refractivity contribution in [2.24, 2.45) is 0 Å². The second-order valence-electron chi connectivity index (χ2n) is 6.03. The molecule has 0 amide bonds. The molecular weight excluding hydrogens is 372 g/mol. The van der Waals surface area contributed by atoms with Crippen molar-refractivity contribution < 1.29 is 23.8 Å². The lowest BCUT2D eigenvalue weighted by Gasteiger charge is -2.16. The summed E-state index contributed by atoms with van der Waals surface area (Å²) in [5, 5.41) is 0.776. The van der Waals surface area contributed by atoms with Gasteiger partial charge in [-0.25, -0.2) is 9.78 Å². The predicted molar refractivity (Wildman–Crippen MR) is 99.1 cm³/mol. The van der Waals surface area contributed by atoms with Gasteiger partial charge < -0.3 is 14.2 Å². The van der Waals surface area contributed by atoms with Crippen LogP contribution in [-0.2, 0) is 25.5 Å². The maximum absolute atomic E-state index is 13.0. The fourth-order valence-corrected chi connectivity index (χ4v) is 3.73. The van der Waals surface area contributed by atoms with Gasteiger partial charge in [-0.2, -0.15) is 0 Å². The number of ether oxygens (including phenoxy) is 3. The number of nitrogens with zero attached hydrogens (tertiary/aromatic N) is 2. The number of esters is 2. The Kier molecular flexibility index (Phi) is 6.12. The SMILES string of the molecule is COC(=O)CSc1nc2cc(C(=O)OC)ccc2c(=O)n1C[C@H]1CCCO1. The van der Waals surface area contributed by atoms with E-state index in [2.05, 4.69) is 9.72 Å². The first-order chi connectivity index (χ1) is 13.0. The minimum Gasteiger partial charge on any atom is -0.468 e. The standard InChI is InChI=1S/C18H20N2O6S/c1-24-15(21)10-27-18-19-14-8-11(17(23)25-2)5-6-13(14)16(22)20(18)9-12-4-3-7-26-12/h5-6,8,12H,3-4,7,9-10H2,1-2H3/t12-/m1/s1. The highest BCUT2D eigenvalue weighted by Gasteiger charge is 2.21. The number of benzene rings is 1. The Bertz CT molecular complexity index is 920. The fraction of sp³-hybridized carbons (Fsp3) is 0.444. The monoisotopic (exact) mass is 392 g/mol. The molecule has 2 aromatic rings. The lowest BCUT2D eigenvalue weighted by molar-refractivity contribution is -0.137. The van der Waals surface area contributed by atoms with E-state index in [0.29, 0.717) is 34.8 Å². The molecule has 0 saturated carbocycles. The van der Waals surface area contributed by atoms with Gasteiger partial charge in [0.15, 0.2) is 5.16 Å². The molecule has 1 aromatic heterocycles. The Balaban J connectivity index is 2.05. The molecule has 0 bridgehead atoms. The molecule has 144 valence electrons. The van der Waals surface area contributed by atoms with Crippen LogP contribution < -0.4 is 5.56 Å². The number of aromatic nitrogens is 2. The Morgan fingerprint density at radius 3 is 2.81 bits per heavy atom. The summed E-state index contributed by atoms with van der Waals surface area (Å²) in [6.45, 7) is 1.04. The number of hydrogen-bond acceptors (Lipinski definition) is 8. The van der Waals surface area contributed by atoms with Crippen molar-refractivity contribution in [1.82, 2.24) is 9.55 Å². The van der Waals surface area contributed by atoms with Crippen LogP contribution >= 0.6 is 11.8 Å². The van der Waals surface area contributed by atoms with Crippen LogP contribution in [-0.4, -0.2) is 54.2 Å². The van der Waals surface area contributed by atoms with Gasteiger partial charge in [-0.3, -0.25) is 14.2 Å². The van der Waals surface area contributed by atoms with Gasteiger partial charge >= 0.3 is 11.9 Å². The van der Waals surface area contributed by atoms with Crippen LogP contribution in [0.15, 0.2) is 28.2 Å². The number of carbonyl (C=O) groups is 2. The number of thioether (sulfide) groups is 1. The van der Waals surface area contributed by atoms with Crippen LogP contribution in [0, 0.1) is 0 Å². The van der Waals surface area contributed by atoms with Crippen LogP contribution in [0.4, 0.5) is 0 Å². The highest BCUT2D eigenvalue weighted by molar-refractivity contribution is 7.99. The van der Waals surface area contributed by atoms with Crippen molar-refractivity contribution in [3.8, 4) is 0 Å². The lowest BCUT2D eigenvalue weighted by atomic mass is 10.1. The quantitative estimate of drug-likeness (QED) is 0.416. The maximum atomic E-state index is 13.0. The summed E-state index contributed by atoms with van der Waals surface area (Å²) in [6, 6.07) is 4.62. The minimum absolute atomic E-state index is 0.0245. The highest BCUT2D eigenvalue weighted by atomic mass is 32.2. The Morgan fingerprint density at radius 1 is 1.33 bits per heavy atom. The maximum Gasteiger partial charge on any atom is 0.337 e. The molecule has 0 unspecified atom stereocenters. The molecule has 1 aliphatic heterocycles. The molecule has 9 heteroatoms. The molecule has 8 nitrogen and oxygen atoms in total. The van der Waals surface area contributed by atoms with E-state index < -0.39 is 11.9 Å². The zero-order chi connectivity index (χ0) is 19.4. The molecule has 1 aromatic carbocycles. The molecule has 2 heterocycles. The lowest BCUT2D eigenvalue weighted by Crippen LogP contribution is -2.29. The van der Waals surface area contributed by atoms with E-state index in [1.54, 1.807) is 6.07 Å². The highest BCUT2D eigenvalue weighted by Crippen LogP contribution is 2.22. The molecule has 0 radical (unpaired) electrons. The third-order valence-corrected chi connectivity index (χ3v) is 5.25. The number of rotatable bonds is 6. The van der Waals surface area contributed by atoms with Gasteiger partial charge in [0.1, 0.15) is 0 Å². The molecule has 0 spiro atoms. The van der Waals surface area contributed by atoms with Gasteiger partial charge in [0.05, 0.1) is 49.1 Å². The smallest absolute Gasteiger partial charge is 0.337 e. The Labute approximate surface area is 159 Å². The summed E-state index contributed by atoms with van der Waals surface area (Å²) in [4.78, 5) is 40.8. The van der Waals surface area contributed by atoms with Crippen molar-refractivity contribution >= 4 is 34.6 Å². The zero-order valence-corrected chi connectivity index (χ0v) is 15.9. The number of hydrogen-bond donors (Lipinski definition) is 0. The van der Waals surface area contributed by atoms with Crippen LogP contribution in [0.25, 0.3) is 10.9 Å². The largest absolute Gasteiger partial charge is 0.468 e. The molecule has 0 aliphatic carbocycles. The van der Waals surface area contributed by atoms with Gasteiger partial charge in [-0.15, -0.1) is 0 Å². The molecule has 1 fully saturated rings. The summed E-state index contributed by atoms with van der Waals surface area (Å²) < 4.78 is 16.6. The third kappa shape index (κ3) is 4.30. The van der Waals surface area contributed by atoms with E-state index in [9.17, 15) is 14.4 Å². The summed E-state index contributed by atoms with van der Waals surface area (Å²) in [5.41, 5.74) is 0.441. The summed E-state index contributed by atoms with van der Waals surface area (Å²) in [5.74, 6) is -0.899. The van der Waals surface area contributed by atoms with Crippen LogP contribution in [0.3, 0.4) is 0 Å². The number of fused-ring (bicyclic) bond motifs is 1. The average Bonchev–Trinajstić information content (AvgIpc) is 3.20. The molecule has 27 heavy (non-hydrogen) atoms. The van der Waals surface area contributed by atoms with Crippen molar-refractivity contribution in [1.29, 1.82) is 0 Å². The molecule has 1 atom stereocenters. The second-order valence-corrected chi connectivity index (χ2v) is 6.98. The van der Waals surface area contributed by atoms with Gasteiger partial charge in [0, 0.05) is 6.61 Å². The Hall–Kier alpha value is -2.39. The molecule has 1 aliphatic rings. The van der Waals surface area contributed by atoms with Gasteiger partial charge in [-0.05, 0) is 31.0 Å². The Morgan fingerprint density at radius 2 is 2.15 bits per heavy atom. The van der Waals surface area contributed by atoms with Crippen molar-refractivity contribution in [2.75, 3.05) is 26.6 Å². The summed E-state index contributed by atoms with van der Waals surface area (Å²) in [7, 11) is 2.59. The average molecular weight is 392 g/mol. The topological polar surface area (TPSA) is 96.7 Å². The summed E-state index contributed by atoms with van der Waals surface area (Å²) in [6.07, 6.45) is 1.76. The van der Waals surface area contributed by atoms with E-state index in [1.165, 1.54) is 30.9 Å². The fourth-order valence-electron chi connectivity index (χ4n) is 2.89. The molecule has 3 rings (SSSR count). The first-order valence-electron chi connectivity index (χ1n) is 8.47. The van der Waals surface area contributed by atoms with E-state index >= 15 is 0 Å². The first-order valence-corrected chi connectivity index (χ1v) is 9.46. The van der Waals surface area contributed by atoms with Crippen molar-refractivity contribution in [3.05, 3.63) is 34.1 Å². The van der Waals surface area contributed by atoms with Gasteiger partial charge in [-0.1, -0.05) is 11.8 Å². The van der Waals surface area contributed by atoms with Crippen LogP contribution in [0.5, 0.6) is 0 Å². The van der Waals surface area contributed by atoms with E-state index in [-0.39, 0.29) is 17.4 Å². The third-order valence-electron chi connectivity index (χ3n) is 4.30. The van der Waals surface area contributed by atoms with E-state index in [0.717, 1.165) is 24.6 Å². The van der Waals surface area contributed by atoms with Crippen LogP contribution in [0.2, 0.25) is 0 Å². The van der Waals surface area contributed by atoms with E-state index in [1.807, 2.05) is 0 Å². The zero-order valence-electron chi connectivity index (χ0n) is 15.1. The molecule has 0 N–H and O–H groups in total. The predicted octanol–water partition coefficient (Wildman–Crippen LogP) is 1.63. The van der Waals surface area contributed by atoms with Crippen LogP contribution in [0.1, 0.15) is 23.2 Å². The van der Waals surface area contributed by atoms with Crippen molar-refractivity contribution in [3.63, 3.8) is 0 Å². The second kappa shape index (κ2) is 8.53. The number of methoxy groups -OCH3 is 2.